The van der Waals surface area contributed by atoms with E-state index in [-0.39, 0.29) is 53.6 Å². The average Bonchev–Trinajstić information content (AvgIpc) is 3.04. The van der Waals surface area contributed by atoms with E-state index in [1.807, 2.05) is 16.8 Å². The fraction of sp³-hybridized carbons (Fsp3) is 0.556. The van der Waals surface area contributed by atoms with Gasteiger partial charge in [-0.25, -0.2) is 4.79 Å². The molecule has 7 atom stereocenters. The molecule has 3 heterocycles. The number of ketones is 2. The molecule has 1 saturated heterocycles. The molecule has 5 aliphatic rings. The SMILES string of the molecule is C/C=C(/C)C(=O)OC[C@H]1C2=C(C[C@@H]3[C@H]4C5=C(C(OC(C)=O)C(C)=C(OC)C5OC(C)=O)[C@H](OC(C)=O)[C@@H](CN31)N4C)C(=O)C(C)=C(OC)C2=O. The van der Waals surface area contributed by atoms with Gasteiger partial charge < -0.3 is 28.4 Å². The van der Waals surface area contributed by atoms with E-state index < -0.39 is 72.1 Å². The van der Waals surface area contributed by atoms with Gasteiger partial charge in [0.15, 0.2) is 23.8 Å². The molecule has 3 aliphatic heterocycles. The van der Waals surface area contributed by atoms with Crippen LogP contribution in [-0.2, 0) is 57.2 Å². The van der Waals surface area contributed by atoms with Crippen molar-refractivity contribution in [3.05, 3.63) is 56.6 Å². The summed E-state index contributed by atoms with van der Waals surface area (Å²) in [6.45, 7) is 10.3. The second-order valence-electron chi connectivity index (χ2n) is 13.1. The molecule has 0 aromatic carbocycles. The predicted molar refractivity (Wildman–Crippen MR) is 175 cm³/mol. The lowest BCUT2D eigenvalue weighted by atomic mass is 9.67. The van der Waals surface area contributed by atoms with E-state index in [0.717, 1.165) is 0 Å². The molecule has 14 heteroatoms. The number of Topliss-reactive ketones (excluding diaryl/α,β-unsaturated/α-hetero) is 2. The minimum Gasteiger partial charge on any atom is -0.497 e. The molecule has 5 rings (SSSR count). The Morgan fingerprint density at radius 3 is 2.02 bits per heavy atom. The lowest BCUT2D eigenvalue weighted by molar-refractivity contribution is -0.161. The van der Waals surface area contributed by atoms with Gasteiger partial charge in [0.1, 0.15) is 18.5 Å². The molecule has 2 bridgehead atoms. The Kier molecular flexibility index (Phi) is 10.3. The van der Waals surface area contributed by atoms with Crippen LogP contribution in [0.3, 0.4) is 0 Å². The van der Waals surface area contributed by atoms with Crippen LogP contribution >= 0.6 is 0 Å². The number of likely N-dealkylation sites (N-methyl/N-ethyl adjacent to an activating group) is 1. The van der Waals surface area contributed by atoms with Gasteiger partial charge in [-0.1, -0.05) is 6.08 Å². The van der Waals surface area contributed by atoms with Gasteiger partial charge in [0.25, 0.3) is 0 Å². The highest BCUT2D eigenvalue weighted by Gasteiger charge is 2.61. The molecule has 2 unspecified atom stereocenters. The zero-order valence-electron chi connectivity index (χ0n) is 30.0. The lowest BCUT2D eigenvalue weighted by Gasteiger charge is -2.61. The van der Waals surface area contributed by atoms with E-state index in [1.54, 1.807) is 26.8 Å². The third-order valence-electron chi connectivity index (χ3n) is 10.3. The van der Waals surface area contributed by atoms with Crippen LogP contribution < -0.4 is 0 Å². The number of ether oxygens (including phenoxy) is 6. The molecule has 0 aromatic heterocycles. The zero-order chi connectivity index (χ0) is 36.9. The van der Waals surface area contributed by atoms with E-state index in [0.29, 0.717) is 22.3 Å². The van der Waals surface area contributed by atoms with Gasteiger partial charge in [0.2, 0.25) is 5.78 Å². The van der Waals surface area contributed by atoms with Crippen LogP contribution in [0.25, 0.3) is 0 Å². The summed E-state index contributed by atoms with van der Waals surface area (Å²) in [4.78, 5) is 83.0. The maximum absolute atomic E-state index is 14.1. The first-order valence-corrected chi connectivity index (χ1v) is 16.4. The van der Waals surface area contributed by atoms with Crippen LogP contribution in [0.1, 0.15) is 54.9 Å². The standard InChI is InChI=1S/C36H44N2O12/c1-11-15(2)36(44)47-14-24-25-21(29(42)16(3)32(45-9)30(25)43)12-22-28-26-27(34(49-19(6)40)23(37(28)8)13-38(22)24)31(48-18(5)39)17(4)33(46-10)35(26)50-20(7)41/h11,22-24,28,31,34-35H,12-14H2,1-10H3/b15-11-/t22-,23-,24+,28+,31?,34-,35?/m1/s1. The quantitative estimate of drug-likeness (QED) is 0.119. The van der Waals surface area contributed by atoms with Crippen LogP contribution in [0.2, 0.25) is 0 Å². The van der Waals surface area contributed by atoms with Crippen LogP contribution in [0.5, 0.6) is 0 Å². The van der Waals surface area contributed by atoms with Gasteiger partial charge in [-0.05, 0) is 41.2 Å². The van der Waals surface area contributed by atoms with Crippen LogP contribution in [0, 0.1) is 0 Å². The van der Waals surface area contributed by atoms with Crippen LogP contribution in [0.15, 0.2) is 56.6 Å². The first-order valence-electron chi connectivity index (χ1n) is 16.4. The number of rotatable bonds is 8. The number of piperazine rings is 1. The van der Waals surface area contributed by atoms with Crippen molar-refractivity contribution in [1.82, 2.24) is 9.80 Å². The molecule has 50 heavy (non-hydrogen) atoms. The third-order valence-corrected chi connectivity index (χ3v) is 10.3. The van der Waals surface area contributed by atoms with E-state index in [1.165, 1.54) is 41.9 Å². The minimum absolute atomic E-state index is 0.0814. The number of fused-ring (bicyclic) bond motifs is 5. The molecule has 1 fully saturated rings. The number of carbonyl (C=O) groups is 6. The zero-order valence-corrected chi connectivity index (χ0v) is 30.0. The maximum atomic E-state index is 14.1. The summed E-state index contributed by atoms with van der Waals surface area (Å²) in [5, 5.41) is 0. The Morgan fingerprint density at radius 2 is 1.46 bits per heavy atom. The van der Waals surface area contributed by atoms with Gasteiger partial charge in [0, 0.05) is 72.4 Å². The highest BCUT2D eigenvalue weighted by molar-refractivity contribution is 6.25. The summed E-state index contributed by atoms with van der Waals surface area (Å²) in [6.07, 6.45) is -1.44. The topological polar surface area (TPSA) is 164 Å². The smallest absolute Gasteiger partial charge is 0.333 e. The Labute approximate surface area is 290 Å². The summed E-state index contributed by atoms with van der Waals surface area (Å²) < 4.78 is 34.9. The van der Waals surface area contributed by atoms with Gasteiger partial charge in [-0.15, -0.1) is 0 Å². The van der Waals surface area contributed by atoms with E-state index in [4.69, 9.17) is 28.4 Å². The number of hydrogen-bond acceptors (Lipinski definition) is 14. The third kappa shape index (κ3) is 5.97. The molecule has 14 nitrogen and oxygen atoms in total. The molecule has 0 N–H and O–H groups in total. The predicted octanol–water partition coefficient (Wildman–Crippen LogP) is 2.03. The van der Waals surface area contributed by atoms with Gasteiger partial charge in [0.05, 0.1) is 32.3 Å². The normalized spacial score (nSPS) is 30.0. The Morgan fingerprint density at radius 1 is 0.840 bits per heavy atom. The fourth-order valence-electron chi connectivity index (χ4n) is 8.13. The largest absolute Gasteiger partial charge is 0.497 e. The highest BCUT2D eigenvalue weighted by Crippen LogP contribution is 2.50. The van der Waals surface area contributed by atoms with Crippen molar-refractivity contribution in [1.29, 1.82) is 0 Å². The summed E-state index contributed by atoms with van der Waals surface area (Å²) in [7, 11) is 4.58. The number of hydrogen-bond donors (Lipinski definition) is 0. The van der Waals surface area contributed by atoms with Crippen molar-refractivity contribution in [3.8, 4) is 0 Å². The molecule has 0 amide bonds. The molecule has 0 spiro atoms. The number of carbonyl (C=O) groups excluding carboxylic acids is 6. The van der Waals surface area contributed by atoms with Gasteiger partial charge in [-0.3, -0.25) is 33.8 Å². The van der Waals surface area contributed by atoms with E-state index >= 15 is 0 Å². The number of allylic oxidation sites excluding steroid dienone is 3. The average molecular weight is 697 g/mol. The molecule has 2 aliphatic carbocycles. The minimum atomic E-state index is -1.11. The monoisotopic (exact) mass is 696 g/mol. The first-order chi connectivity index (χ1) is 23.6. The molecular formula is C36H44N2O12. The highest BCUT2D eigenvalue weighted by atomic mass is 16.6. The van der Waals surface area contributed by atoms with Crippen molar-refractivity contribution in [2.45, 2.75) is 97.4 Å². The second-order valence-corrected chi connectivity index (χ2v) is 13.1. The van der Waals surface area contributed by atoms with Crippen molar-refractivity contribution in [2.75, 3.05) is 34.4 Å². The van der Waals surface area contributed by atoms with E-state index in [9.17, 15) is 28.8 Å². The van der Waals surface area contributed by atoms with Crippen LogP contribution in [0.4, 0.5) is 0 Å². The Bertz CT molecular complexity index is 1710. The molecule has 0 radical (unpaired) electrons. The van der Waals surface area contributed by atoms with Crippen molar-refractivity contribution in [3.63, 3.8) is 0 Å². The first kappa shape index (κ1) is 36.7. The van der Waals surface area contributed by atoms with Crippen LogP contribution in [-0.4, -0.2) is 122 Å². The Hall–Kier alpha value is -4.56. The van der Waals surface area contributed by atoms with Crippen molar-refractivity contribution < 1.29 is 57.2 Å². The second kappa shape index (κ2) is 14.0. The summed E-state index contributed by atoms with van der Waals surface area (Å²) >= 11 is 0. The summed E-state index contributed by atoms with van der Waals surface area (Å²) in [5.41, 5.74) is 2.35. The Balaban J connectivity index is 1.77. The maximum Gasteiger partial charge on any atom is 0.333 e. The number of esters is 4. The van der Waals surface area contributed by atoms with Crippen molar-refractivity contribution in [2.24, 2.45) is 0 Å². The fourth-order valence-corrected chi connectivity index (χ4v) is 8.13. The van der Waals surface area contributed by atoms with Gasteiger partial charge in [-0.2, -0.15) is 0 Å². The molecule has 270 valence electrons. The molecule has 0 saturated carbocycles. The van der Waals surface area contributed by atoms with Crippen molar-refractivity contribution >= 4 is 35.4 Å². The summed E-state index contributed by atoms with van der Waals surface area (Å²) in [5.74, 6) is -3.08. The summed E-state index contributed by atoms with van der Waals surface area (Å²) in [6, 6.07) is -2.70. The molecule has 0 aromatic rings. The van der Waals surface area contributed by atoms with E-state index in [2.05, 4.69) is 0 Å². The lowest BCUT2D eigenvalue weighted by Crippen LogP contribution is -2.74. The number of methoxy groups -OCH3 is 2. The van der Waals surface area contributed by atoms with Gasteiger partial charge >= 0.3 is 23.9 Å². The number of nitrogens with zero attached hydrogens (tertiary/aromatic N) is 2. The molecular weight excluding hydrogens is 652 g/mol.